The molecule has 37 heavy (non-hydrogen) atoms. The highest BCUT2D eigenvalue weighted by atomic mass is 32.2. The molecule has 2 aromatic carbocycles. The van der Waals surface area contributed by atoms with Crippen molar-refractivity contribution in [3.05, 3.63) is 72.3 Å². The lowest BCUT2D eigenvalue weighted by molar-refractivity contribution is -0.114. The number of rotatable bonds is 13. The van der Waals surface area contributed by atoms with Crippen LogP contribution >= 0.6 is 0 Å². The molecule has 2 aromatic rings. The van der Waals surface area contributed by atoms with Crippen LogP contribution in [0.5, 0.6) is 0 Å². The summed E-state index contributed by atoms with van der Waals surface area (Å²) in [6, 6.07) is 14.0. The van der Waals surface area contributed by atoms with E-state index in [-0.39, 0.29) is 42.8 Å². The minimum absolute atomic E-state index is 0.00539. The molecule has 0 saturated heterocycles. The summed E-state index contributed by atoms with van der Waals surface area (Å²) in [5, 5.41) is 23.9. The fourth-order valence-corrected chi connectivity index (χ4v) is 5.62. The van der Waals surface area contributed by atoms with Crippen LogP contribution in [0.3, 0.4) is 0 Å². The van der Waals surface area contributed by atoms with Crippen LogP contribution in [0.15, 0.2) is 71.6 Å². The number of aliphatic hydroxyl groups excluding tert-OH is 1. The first kappa shape index (κ1) is 30.0. The van der Waals surface area contributed by atoms with Gasteiger partial charge in [0.2, 0.25) is 15.9 Å². The number of hydrogen-bond acceptors (Lipinski definition) is 5. The Kier molecular flexibility index (Phi) is 10.8. The average Bonchev–Trinajstić information content (AvgIpc) is 2.80. The van der Waals surface area contributed by atoms with Crippen molar-refractivity contribution in [2.75, 3.05) is 25.0 Å². The zero-order chi connectivity index (χ0) is 27.8. The van der Waals surface area contributed by atoms with E-state index in [4.69, 9.17) is 0 Å². The van der Waals surface area contributed by atoms with Crippen LogP contribution in [-0.4, -0.2) is 71.6 Å². The van der Waals surface area contributed by atoms with E-state index in [0.29, 0.717) is 11.3 Å². The minimum Gasteiger partial charge on any atom is -0.465 e. The van der Waals surface area contributed by atoms with E-state index < -0.39 is 28.3 Å². The fraction of sp³-hybridized carbons (Fsp3) is 0.407. The van der Waals surface area contributed by atoms with Crippen molar-refractivity contribution in [3.63, 3.8) is 0 Å². The van der Waals surface area contributed by atoms with Crippen molar-refractivity contribution >= 4 is 27.7 Å². The number of anilines is 1. The van der Waals surface area contributed by atoms with Gasteiger partial charge in [0.15, 0.2) is 0 Å². The van der Waals surface area contributed by atoms with Crippen molar-refractivity contribution in [1.82, 2.24) is 9.21 Å². The molecule has 0 radical (unpaired) electrons. The number of hydrogen-bond donors (Lipinski definition) is 3. The van der Waals surface area contributed by atoms with Gasteiger partial charge in [-0.1, -0.05) is 56.3 Å². The third-order valence-electron chi connectivity index (χ3n) is 5.59. The Labute approximate surface area is 219 Å². The molecular formula is C27H37N3O6S. The molecule has 0 fully saturated rings. The largest absolute Gasteiger partial charge is 0.465 e. The first-order valence-corrected chi connectivity index (χ1v) is 13.5. The molecule has 0 spiro atoms. The second-order valence-electron chi connectivity index (χ2n) is 9.61. The Morgan fingerprint density at radius 3 is 2.08 bits per heavy atom. The smallest absolute Gasteiger partial charge is 0.407 e. The van der Waals surface area contributed by atoms with E-state index in [0.717, 1.165) is 10.5 Å². The number of carboxylic acid groups (broad SMARTS) is 1. The molecule has 0 aromatic heterocycles. The maximum Gasteiger partial charge on any atom is 0.407 e. The molecule has 0 aliphatic rings. The highest BCUT2D eigenvalue weighted by Crippen LogP contribution is 2.22. The van der Waals surface area contributed by atoms with Crippen LogP contribution in [-0.2, 0) is 21.2 Å². The molecule has 2 rings (SSSR count). The quantitative estimate of drug-likeness (QED) is 0.337. The molecule has 10 heteroatoms. The van der Waals surface area contributed by atoms with Gasteiger partial charge in [0.25, 0.3) is 0 Å². The van der Waals surface area contributed by atoms with Gasteiger partial charge in [0.05, 0.1) is 17.0 Å². The van der Waals surface area contributed by atoms with Crippen molar-refractivity contribution in [2.45, 2.75) is 51.2 Å². The molecule has 0 unspecified atom stereocenters. The van der Waals surface area contributed by atoms with E-state index in [1.807, 2.05) is 44.2 Å². The fourth-order valence-electron chi connectivity index (χ4n) is 4.00. The Morgan fingerprint density at radius 2 is 1.59 bits per heavy atom. The number of amides is 2. The van der Waals surface area contributed by atoms with Gasteiger partial charge < -0.3 is 15.5 Å². The summed E-state index contributed by atoms with van der Waals surface area (Å²) in [7, 11) is -4.03. The second-order valence-corrected chi connectivity index (χ2v) is 11.6. The van der Waals surface area contributed by atoms with E-state index in [1.54, 1.807) is 6.92 Å². The lowest BCUT2D eigenvalue weighted by atomic mass is 9.99. The Bertz CT molecular complexity index is 1170. The molecule has 0 aliphatic carbocycles. The molecule has 0 aliphatic heterocycles. The maximum atomic E-state index is 13.6. The van der Waals surface area contributed by atoms with E-state index in [2.05, 4.69) is 11.9 Å². The van der Waals surface area contributed by atoms with Gasteiger partial charge in [-0.2, -0.15) is 4.31 Å². The number of carbonyl (C=O) groups is 2. The van der Waals surface area contributed by atoms with Gasteiger partial charge in [-0.05, 0) is 49.1 Å². The van der Waals surface area contributed by atoms with E-state index in [9.17, 15) is 28.2 Å². The van der Waals surface area contributed by atoms with Crippen molar-refractivity contribution in [1.29, 1.82) is 0 Å². The van der Waals surface area contributed by atoms with Crippen LogP contribution in [0.1, 0.15) is 33.3 Å². The Hall–Kier alpha value is -3.21. The molecule has 3 N–H and O–H groups in total. The zero-order valence-corrected chi connectivity index (χ0v) is 22.6. The van der Waals surface area contributed by atoms with Crippen molar-refractivity contribution in [3.8, 4) is 0 Å². The van der Waals surface area contributed by atoms with Gasteiger partial charge in [-0.25, -0.2) is 13.2 Å². The highest BCUT2D eigenvalue weighted by Gasteiger charge is 2.35. The van der Waals surface area contributed by atoms with Crippen LogP contribution in [0, 0.1) is 5.92 Å². The topological polar surface area (TPSA) is 127 Å². The highest BCUT2D eigenvalue weighted by molar-refractivity contribution is 7.89. The van der Waals surface area contributed by atoms with Crippen LogP contribution in [0.2, 0.25) is 0 Å². The molecule has 202 valence electrons. The van der Waals surface area contributed by atoms with Crippen molar-refractivity contribution in [2.24, 2.45) is 5.92 Å². The summed E-state index contributed by atoms with van der Waals surface area (Å²) in [6.45, 7) is 10.4. The molecule has 9 nitrogen and oxygen atoms in total. The maximum absolute atomic E-state index is 13.6. The predicted octanol–water partition coefficient (Wildman–Crippen LogP) is 3.82. The molecule has 2 amide bonds. The first-order valence-electron chi connectivity index (χ1n) is 12.0. The predicted molar refractivity (Wildman–Crippen MR) is 144 cm³/mol. The molecule has 0 saturated carbocycles. The van der Waals surface area contributed by atoms with Gasteiger partial charge in [0, 0.05) is 32.2 Å². The summed E-state index contributed by atoms with van der Waals surface area (Å²) in [5.74, 6) is -0.332. The van der Waals surface area contributed by atoms with Crippen LogP contribution < -0.4 is 5.32 Å². The molecule has 0 bridgehead atoms. The zero-order valence-electron chi connectivity index (χ0n) is 21.8. The molecule has 2 atom stereocenters. The number of aliphatic hydroxyl groups is 1. The first-order chi connectivity index (χ1) is 17.3. The normalized spacial score (nSPS) is 13.3. The Balaban J connectivity index is 2.41. The van der Waals surface area contributed by atoms with E-state index >= 15 is 0 Å². The minimum atomic E-state index is -4.03. The number of nitrogens with zero attached hydrogens (tertiary/aromatic N) is 2. The number of benzene rings is 2. The van der Waals surface area contributed by atoms with Gasteiger partial charge in [-0.3, -0.25) is 9.69 Å². The number of sulfonamides is 1. The third kappa shape index (κ3) is 8.99. The van der Waals surface area contributed by atoms with Crippen LogP contribution in [0.25, 0.3) is 0 Å². The lowest BCUT2D eigenvalue weighted by Gasteiger charge is -2.36. The summed E-state index contributed by atoms with van der Waals surface area (Å²) in [4.78, 5) is 24.6. The van der Waals surface area contributed by atoms with Crippen molar-refractivity contribution < 1.29 is 28.2 Å². The summed E-state index contributed by atoms with van der Waals surface area (Å²) in [6.07, 6.45) is -2.35. The summed E-state index contributed by atoms with van der Waals surface area (Å²) < 4.78 is 28.4. The number of carbonyl (C=O) groups excluding carboxylic acids is 1. The monoisotopic (exact) mass is 531 g/mol. The summed E-state index contributed by atoms with van der Waals surface area (Å²) >= 11 is 0. The van der Waals surface area contributed by atoms with Gasteiger partial charge in [-0.15, -0.1) is 0 Å². The number of nitrogens with one attached hydrogen (secondary N) is 1. The molecular weight excluding hydrogens is 494 g/mol. The Morgan fingerprint density at radius 1 is 1.00 bits per heavy atom. The SMILES string of the molecule is C=C(C)CN(C(=O)O)[C@@H](Cc1ccccc1)[C@H](O)CN(CC(C)C)S(=O)(=O)c1ccc(NC(C)=O)cc1. The van der Waals surface area contributed by atoms with Crippen LogP contribution in [0.4, 0.5) is 10.5 Å². The van der Waals surface area contributed by atoms with E-state index in [1.165, 1.54) is 35.5 Å². The third-order valence-corrected chi connectivity index (χ3v) is 7.44. The molecule has 0 heterocycles. The average molecular weight is 532 g/mol. The van der Waals surface area contributed by atoms with Gasteiger partial charge in [0.1, 0.15) is 0 Å². The van der Waals surface area contributed by atoms with Gasteiger partial charge >= 0.3 is 6.09 Å². The standard InChI is InChI=1S/C27H37N3O6S/c1-19(2)16-29(37(35,36)24-13-11-23(12-14-24)28-21(5)31)18-26(32)25(15-22-9-7-6-8-10-22)30(27(33)34)17-20(3)4/h6-14,19,25-26,32H,3,15-18H2,1-2,4-5H3,(H,28,31)(H,33,34)/t25-,26+/m0/s1. The summed E-state index contributed by atoms with van der Waals surface area (Å²) in [5.41, 5.74) is 1.87. The lowest BCUT2D eigenvalue weighted by Crippen LogP contribution is -2.53. The second kappa shape index (κ2) is 13.4.